The van der Waals surface area contributed by atoms with Gasteiger partial charge in [0.1, 0.15) is 5.75 Å². The van der Waals surface area contributed by atoms with E-state index in [9.17, 15) is 5.11 Å². The van der Waals surface area contributed by atoms with Crippen LogP contribution in [0.5, 0.6) is 5.75 Å². The Labute approximate surface area is 161 Å². The van der Waals surface area contributed by atoms with Gasteiger partial charge in [-0.15, -0.1) is 0 Å². The minimum atomic E-state index is -1.07. The summed E-state index contributed by atoms with van der Waals surface area (Å²) in [5.74, 6) is 3.45. The van der Waals surface area contributed by atoms with Crippen molar-refractivity contribution < 1.29 is 14.4 Å². The first-order chi connectivity index (χ1) is 11.6. The molecule has 1 aliphatic rings. The van der Waals surface area contributed by atoms with Gasteiger partial charge in [0.25, 0.3) is 0 Å². The molecule has 0 aliphatic carbocycles. The van der Waals surface area contributed by atoms with Gasteiger partial charge in [-0.2, -0.15) is 10.0 Å². The smallest absolute Gasteiger partial charge is 0.498 e. The van der Waals surface area contributed by atoms with Gasteiger partial charge in [0, 0.05) is 15.8 Å². The van der Waals surface area contributed by atoms with Crippen LogP contribution < -0.4 is 5.46 Å². The van der Waals surface area contributed by atoms with E-state index < -0.39 is 28.3 Å². The van der Waals surface area contributed by atoms with Crippen LogP contribution in [-0.4, -0.2) is 40.7 Å². The maximum absolute atomic E-state index is 10.6. The molecule has 1 aromatic rings. The second kappa shape index (κ2) is 6.51. The van der Waals surface area contributed by atoms with E-state index in [1.54, 1.807) is 6.07 Å². The van der Waals surface area contributed by atoms with Crippen LogP contribution in [0.25, 0.3) is 0 Å². The van der Waals surface area contributed by atoms with E-state index in [0.717, 1.165) is 11.1 Å². The normalized spacial score (nSPS) is 19.8. The molecule has 0 unspecified atom stereocenters. The zero-order valence-electron chi connectivity index (χ0n) is 17.9. The van der Waals surface area contributed by atoms with Gasteiger partial charge in [-0.25, -0.2) is 0 Å². The lowest BCUT2D eigenvalue weighted by Gasteiger charge is -2.39. The highest BCUT2D eigenvalue weighted by atomic mass is 32.3. The summed E-state index contributed by atoms with van der Waals surface area (Å²) in [6, 6.07) is 3.73. The third-order valence-electron chi connectivity index (χ3n) is 5.84. The SMILES string of the molecule is Cc1cc(C#CS(C)(C)C(C)(C)C)cc(O)c1B1OC(C)(C)C(C)(C)O1. The molecule has 1 heterocycles. The molecular formula is C21H33BO3S. The summed E-state index contributed by atoms with van der Waals surface area (Å²) in [6.07, 6.45) is 4.46. The first-order valence-corrected chi connectivity index (χ1v) is 11.5. The summed E-state index contributed by atoms with van der Waals surface area (Å²) in [5, 5.41) is 14.1. The number of phenols is 1. The molecule has 2 rings (SSSR count). The quantitative estimate of drug-likeness (QED) is 0.591. The molecule has 1 fully saturated rings. The molecule has 144 valence electrons. The van der Waals surface area contributed by atoms with E-state index in [1.165, 1.54) is 0 Å². The monoisotopic (exact) mass is 376 g/mol. The number of rotatable bonds is 1. The molecule has 1 N–H and O–H groups in total. The van der Waals surface area contributed by atoms with Gasteiger partial charge in [0.15, 0.2) is 0 Å². The Morgan fingerprint density at radius 3 is 1.96 bits per heavy atom. The molecule has 0 aromatic heterocycles. The molecule has 0 radical (unpaired) electrons. The number of aryl methyl sites for hydroxylation is 1. The molecule has 3 nitrogen and oxygen atoms in total. The van der Waals surface area contributed by atoms with Crippen molar-refractivity contribution in [3.8, 4) is 16.9 Å². The summed E-state index contributed by atoms with van der Waals surface area (Å²) in [5.41, 5.74) is 1.57. The van der Waals surface area contributed by atoms with E-state index in [-0.39, 0.29) is 10.5 Å². The molecule has 0 saturated carbocycles. The van der Waals surface area contributed by atoms with Crippen molar-refractivity contribution in [3.05, 3.63) is 23.3 Å². The molecule has 5 heteroatoms. The van der Waals surface area contributed by atoms with E-state index >= 15 is 0 Å². The zero-order valence-corrected chi connectivity index (χ0v) is 18.7. The molecule has 26 heavy (non-hydrogen) atoms. The van der Waals surface area contributed by atoms with Crippen LogP contribution in [0.15, 0.2) is 12.1 Å². The molecule has 0 spiro atoms. The molecule has 1 aromatic carbocycles. The summed E-state index contributed by atoms with van der Waals surface area (Å²) < 4.78 is 12.3. The van der Waals surface area contributed by atoms with Gasteiger partial charge in [0.05, 0.1) is 11.2 Å². The molecular weight excluding hydrogens is 343 g/mol. The van der Waals surface area contributed by atoms with Crippen LogP contribution in [0.1, 0.15) is 59.6 Å². The van der Waals surface area contributed by atoms with E-state index in [0.29, 0.717) is 5.46 Å². The van der Waals surface area contributed by atoms with Crippen LogP contribution in [0.4, 0.5) is 0 Å². The van der Waals surface area contributed by atoms with Crippen LogP contribution in [-0.2, 0) is 9.31 Å². The highest BCUT2D eigenvalue weighted by Gasteiger charge is 2.52. The predicted molar refractivity (Wildman–Crippen MR) is 115 cm³/mol. The van der Waals surface area contributed by atoms with Crippen LogP contribution in [0, 0.1) is 18.1 Å². The maximum Gasteiger partial charge on any atom is 0.498 e. The second-order valence-electron chi connectivity index (χ2n) is 9.48. The van der Waals surface area contributed by atoms with Gasteiger partial charge in [-0.3, -0.25) is 0 Å². The summed E-state index contributed by atoms with van der Waals surface area (Å²) >= 11 is 0. The lowest BCUT2D eigenvalue weighted by Crippen LogP contribution is -2.41. The van der Waals surface area contributed by atoms with Crippen molar-refractivity contribution in [2.24, 2.45) is 0 Å². The van der Waals surface area contributed by atoms with Gasteiger partial charge in [-0.1, -0.05) is 26.7 Å². The fourth-order valence-corrected chi connectivity index (χ4v) is 3.14. The summed E-state index contributed by atoms with van der Waals surface area (Å²) in [4.78, 5) is 0. The predicted octanol–water partition coefficient (Wildman–Crippen LogP) is 4.17. The number of aromatic hydroxyl groups is 1. The van der Waals surface area contributed by atoms with Crippen molar-refractivity contribution in [2.75, 3.05) is 12.5 Å². The topological polar surface area (TPSA) is 38.7 Å². The minimum absolute atomic E-state index is 0.153. The summed E-state index contributed by atoms with van der Waals surface area (Å²) in [6.45, 7) is 16.7. The third-order valence-corrected chi connectivity index (χ3v) is 9.51. The fourth-order valence-electron chi connectivity index (χ4n) is 2.46. The number of hydrogen-bond acceptors (Lipinski definition) is 3. The zero-order chi connectivity index (χ0) is 20.1. The van der Waals surface area contributed by atoms with Gasteiger partial charge in [0.2, 0.25) is 0 Å². The number of phenolic OH excluding ortho intramolecular Hbond substituents is 1. The minimum Gasteiger partial charge on any atom is -0.508 e. The third kappa shape index (κ3) is 3.93. The molecule has 0 atom stereocenters. The Bertz CT molecular complexity index is 725. The Hall–Kier alpha value is -1.09. The highest BCUT2D eigenvalue weighted by Crippen LogP contribution is 2.51. The fraction of sp³-hybridized carbons (Fsp3) is 0.619. The molecule has 1 aliphatic heterocycles. The Balaban J connectivity index is 2.37. The van der Waals surface area contributed by atoms with E-state index in [1.807, 2.05) is 40.7 Å². The maximum atomic E-state index is 10.6. The van der Waals surface area contributed by atoms with Gasteiger partial charge < -0.3 is 14.4 Å². The Morgan fingerprint density at radius 2 is 1.54 bits per heavy atom. The first kappa shape index (κ1) is 21.2. The molecule has 1 saturated heterocycles. The average Bonchev–Trinajstić information content (AvgIpc) is 2.62. The van der Waals surface area contributed by atoms with Crippen molar-refractivity contribution in [2.45, 2.75) is 71.3 Å². The largest absolute Gasteiger partial charge is 0.508 e. The second-order valence-corrected chi connectivity index (χ2v) is 13.6. The number of hydrogen-bond donors (Lipinski definition) is 1. The van der Waals surface area contributed by atoms with Gasteiger partial charge >= 0.3 is 7.12 Å². The molecule has 0 bridgehead atoms. The van der Waals surface area contributed by atoms with Crippen LogP contribution in [0.2, 0.25) is 0 Å². The first-order valence-electron chi connectivity index (χ1n) is 9.02. The average molecular weight is 376 g/mol. The highest BCUT2D eigenvalue weighted by molar-refractivity contribution is 8.37. The summed E-state index contributed by atoms with van der Waals surface area (Å²) in [7, 11) is -1.64. The lowest BCUT2D eigenvalue weighted by molar-refractivity contribution is 0.00578. The Morgan fingerprint density at radius 1 is 1.04 bits per heavy atom. The van der Waals surface area contributed by atoms with Crippen molar-refractivity contribution in [1.82, 2.24) is 0 Å². The van der Waals surface area contributed by atoms with Crippen molar-refractivity contribution in [3.63, 3.8) is 0 Å². The molecule has 0 amide bonds. The van der Waals surface area contributed by atoms with E-state index in [4.69, 9.17) is 9.31 Å². The number of benzene rings is 1. The van der Waals surface area contributed by atoms with Crippen molar-refractivity contribution >= 4 is 22.6 Å². The van der Waals surface area contributed by atoms with Crippen molar-refractivity contribution in [1.29, 1.82) is 0 Å². The van der Waals surface area contributed by atoms with E-state index in [2.05, 4.69) is 44.5 Å². The standard InChI is InChI=1S/C21H33BO3S/c1-15-13-16(11-12-26(9,10)19(2,3)4)14-17(23)18(15)22-24-20(5,6)21(7,8)25-22/h13-14,23H,1-10H3. The van der Waals surface area contributed by atoms with Crippen LogP contribution >= 0.6 is 10.0 Å². The van der Waals surface area contributed by atoms with Crippen LogP contribution in [0.3, 0.4) is 0 Å². The van der Waals surface area contributed by atoms with Gasteiger partial charge in [-0.05, 0) is 70.1 Å². The lowest BCUT2D eigenvalue weighted by atomic mass is 9.75. The Kier molecular flexibility index (Phi) is 5.31.